The molecule has 1 heteroatoms. The van der Waals surface area contributed by atoms with Gasteiger partial charge in [0, 0.05) is 11.8 Å². The zero-order valence-electron chi connectivity index (χ0n) is 13.1. The van der Waals surface area contributed by atoms with E-state index in [4.69, 9.17) is 0 Å². The van der Waals surface area contributed by atoms with Gasteiger partial charge in [-0.2, -0.15) is 0 Å². The van der Waals surface area contributed by atoms with Crippen LogP contribution in [0.1, 0.15) is 68.9 Å². The monoisotopic (exact) mass is 282 g/mol. The van der Waals surface area contributed by atoms with Gasteiger partial charge in [-0.25, -0.2) is 0 Å². The van der Waals surface area contributed by atoms with Crippen LogP contribution in [0.4, 0.5) is 0 Å². The lowest BCUT2D eigenvalue weighted by Crippen LogP contribution is -2.44. The van der Waals surface area contributed by atoms with Crippen LogP contribution in [0.15, 0.2) is 24.3 Å². The zero-order valence-corrected chi connectivity index (χ0v) is 13.1. The lowest BCUT2D eigenvalue weighted by Gasteiger charge is -2.49. The Hall–Kier alpha value is -1.11. The molecule has 21 heavy (non-hydrogen) atoms. The lowest BCUT2D eigenvalue weighted by atomic mass is 9.54. The van der Waals surface area contributed by atoms with E-state index >= 15 is 0 Å². The summed E-state index contributed by atoms with van der Waals surface area (Å²) in [6.45, 7) is 2.25. The highest BCUT2D eigenvalue weighted by Crippen LogP contribution is 2.61. The molecule has 1 aromatic carbocycles. The van der Waals surface area contributed by atoms with Gasteiger partial charge in [0.2, 0.25) is 0 Å². The fourth-order valence-corrected chi connectivity index (χ4v) is 6.01. The summed E-state index contributed by atoms with van der Waals surface area (Å²) in [6, 6.07) is 9.06. The topological polar surface area (TPSA) is 17.1 Å². The molecule has 3 aliphatic rings. The molecule has 0 aromatic heterocycles. The van der Waals surface area contributed by atoms with E-state index in [9.17, 15) is 4.79 Å². The van der Waals surface area contributed by atoms with Crippen molar-refractivity contribution in [3.63, 3.8) is 0 Å². The van der Waals surface area contributed by atoms with Crippen LogP contribution < -0.4 is 0 Å². The first kappa shape index (κ1) is 13.5. The molecule has 0 spiro atoms. The van der Waals surface area contributed by atoms with Crippen molar-refractivity contribution < 1.29 is 4.79 Å². The number of aryl methyl sites for hydroxylation is 1. The van der Waals surface area contributed by atoms with E-state index < -0.39 is 0 Å². The maximum atomic E-state index is 12.6. The highest BCUT2D eigenvalue weighted by Gasteiger charge is 2.56. The molecule has 3 aliphatic carbocycles. The summed E-state index contributed by atoms with van der Waals surface area (Å²) in [5.74, 6) is 2.78. The predicted molar refractivity (Wildman–Crippen MR) is 85.3 cm³/mol. The number of fused-ring (bicyclic) bond motifs is 5. The van der Waals surface area contributed by atoms with Crippen LogP contribution in [0.25, 0.3) is 0 Å². The van der Waals surface area contributed by atoms with Crippen molar-refractivity contribution in [3.8, 4) is 0 Å². The van der Waals surface area contributed by atoms with E-state index in [0.717, 1.165) is 37.5 Å². The minimum atomic E-state index is 0.0716. The fraction of sp³-hybridized carbons (Fsp3) is 0.650. The molecule has 1 unspecified atom stereocenters. The maximum absolute atomic E-state index is 12.6. The largest absolute Gasteiger partial charge is 0.299 e. The van der Waals surface area contributed by atoms with Gasteiger partial charge in [0.15, 0.2) is 0 Å². The van der Waals surface area contributed by atoms with Crippen molar-refractivity contribution >= 4 is 5.78 Å². The van der Waals surface area contributed by atoms with Crippen LogP contribution in [-0.2, 0) is 11.2 Å². The highest BCUT2D eigenvalue weighted by atomic mass is 16.1. The van der Waals surface area contributed by atoms with E-state index in [1.165, 1.54) is 25.7 Å². The Morgan fingerprint density at radius 3 is 2.86 bits per heavy atom. The van der Waals surface area contributed by atoms with Gasteiger partial charge in [-0.05, 0) is 67.4 Å². The molecular formula is C20H26O. The normalized spacial score (nSPS) is 37.8. The van der Waals surface area contributed by atoms with Crippen LogP contribution in [0.5, 0.6) is 0 Å². The Morgan fingerprint density at radius 1 is 1.14 bits per heavy atom. The van der Waals surface area contributed by atoms with Gasteiger partial charge >= 0.3 is 0 Å². The van der Waals surface area contributed by atoms with Crippen molar-refractivity contribution in [2.45, 2.75) is 64.2 Å². The highest BCUT2D eigenvalue weighted by molar-refractivity contribution is 5.87. The van der Waals surface area contributed by atoms with Gasteiger partial charge in [0.1, 0.15) is 5.78 Å². The summed E-state index contributed by atoms with van der Waals surface area (Å²) in [5.41, 5.74) is 3.26. The van der Waals surface area contributed by atoms with Gasteiger partial charge in [-0.3, -0.25) is 4.79 Å². The molecule has 1 nitrogen and oxygen atoms in total. The third-order valence-corrected chi connectivity index (χ3v) is 6.78. The molecular weight excluding hydrogens is 256 g/mol. The molecule has 0 radical (unpaired) electrons. The van der Waals surface area contributed by atoms with E-state index in [0.29, 0.717) is 11.7 Å². The second kappa shape index (κ2) is 4.97. The molecule has 0 bridgehead atoms. The molecule has 4 rings (SSSR count). The Balaban J connectivity index is 1.71. The van der Waals surface area contributed by atoms with Gasteiger partial charge < -0.3 is 0 Å². The molecule has 0 N–H and O–H groups in total. The lowest BCUT2D eigenvalue weighted by molar-refractivity contribution is -0.131. The van der Waals surface area contributed by atoms with Crippen molar-refractivity contribution in [2.75, 3.05) is 0 Å². The first-order valence-electron chi connectivity index (χ1n) is 8.87. The van der Waals surface area contributed by atoms with Gasteiger partial charge in [-0.1, -0.05) is 37.6 Å². The molecule has 4 atom stereocenters. The minimum Gasteiger partial charge on any atom is -0.299 e. The number of carbonyl (C=O) groups is 1. The second-order valence-corrected chi connectivity index (χ2v) is 7.52. The van der Waals surface area contributed by atoms with Crippen LogP contribution in [0.3, 0.4) is 0 Å². The van der Waals surface area contributed by atoms with E-state index in [2.05, 4.69) is 31.2 Å². The standard InChI is InChI=1S/C20H26O/c1-2-12-20-13-11-16-15-6-4-3-5-14(15)7-8-17(16)18(20)9-10-19(20)21/h3-6,16-18H,2,7-13H2,1H3/t16-,17-,18+,20?/m1/s1. The molecule has 2 fully saturated rings. The van der Waals surface area contributed by atoms with Crippen molar-refractivity contribution in [1.82, 2.24) is 0 Å². The summed E-state index contributed by atoms with van der Waals surface area (Å²) < 4.78 is 0. The third-order valence-electron chi connectivity index (χ3n) is 6.78. The van der Waals surface area contributed by atoms with Crippen molar-refractivity contribution in [3.05, 3.63) is 35.4 Å². The average Bonchev–Trinajstić information content (AvgIpc) is 2.85. The van der Waals surface area contributed by atoms with Gasteiger partial charge in [0.25, 0.3) is 0 Å². The number of rotatable bonds is 2. The van der Waals surface area contributed by atoms with E-state index in [1.807, 2.05) is 0 Å². The Morgan fingerprint density at radius 2 is 2.00 bits per heavy atom. The SMILES string of the molecule is CCCC12CC[C@@H]3c4ccccc4CC[C@H]3[C@@H]1CCC2=O. The summed E-state index contributed by atoms with van der Waals surface area (Å²) in [6.07, 6.45) is 9.26. The molecule has 1 aromatic rings. The van der Waals surface area contributed by atoms with Crippen molar-refractivity contribution in [1.29, 1.82) is 0 Å². The molecule has 112 valence electrons. The Labute approximate surface area is 128 Å². The first-order chi connectivity index (χ1) is 10.3. The van der Waals surface area contributed by atoms with Crippen LogP contribution in [0, 0.1) is 17.3 Å². The fourth-order valence-electron chi connectivity index (χ4n) is 6.01. The number of benzene rings is 1. The minimum absolute atomic E-state index is 0.0716. The zero-order chi connectivity index (χ0) is 14.4. The third kappa shape index (κ3) is 1.86. The summed E-state index contributed by atoms with van der Waals surface area (Å²) in [5, 5.41) is 0. The number of Topliss-reactive ketones (excluding diaryl/α,β-unsaturated/α-hetero) is 1. The Kier molecular flexibility index (Phi) is 3.20. The number of hydrogen-bond acceptors (Lipinski definition) is 1. The smallest absolute Gasteiger partial charge is 0.139 e. The van der Waals surface area contributed by atoms with Crippen LogP contribution >= 0.6 is 0 Å². The van der Waals surface area contributed by atoms with Gasteiger partial charge in [-0.15, -0.1) is 0 Å². The van der Waals surface area contributed by atoms with Crippen LogP contribution in [-0.4, -0.2) is 5.78 Å². The first-order valence-corrected chi connectivity index (χ1v) is 8.87. The Bertz CT molecular complexity index is 561. The predicted octanol–water partition coefficient (Wildman–Crippen LogP) is 4.89. The number of carbonyl (C=O) groups excluding carboxylic acids is 1. The summed E-state index contributed by atoms with van der Waals surface area (Å²) in [7, 11) is 0. The maximum Gasteiger partial charge on any atom is 0.139 e. The molecule has 0 amide bonds. The second-order valence-electron chi connectivity index (χ2n) is 7.52. The average molecular weight is 282 g/mol. The van der Waals surface area contributed by atoms with Crippen molar-refractivity contribution in [2.24, 2.45) is 17.3 Å². The molecule has 0 aliphatic heterocycles. The van der Waals surface area contributed by atoms with E-state index in [-0.39, 0.29) is 5.41 Å². The molecule has 0 saturated heterocycles. The van der Waals surface area contributed by atoms with Gasteiger partial charge in [0.05, 0.1) is 0 Å². The molecule has 0 heterocycles. The summed E-state index contributed by atoms with van der Waals surface area (Å²) >= 11 is 0. The molecule has 2 saturated carbocycles. The number of hydrogen-bond donors (Lipinski definition) is 0. The summed E-state index contributed by atoms with van der Waals surface area (Å²) in [4.78, 5) is 12.6. The van der Waals surface area contributed by atoms with Crippen LogP contribution in [0.2, 0.25) is 0 Å². The number of ketones is 1. The quantitative estimate of drug-likeness (QED) is 0.754. The van der Waals surface area contributed by atoms with E-state index in [1.54, 1.807) is 11.1 Å².